The number of thioether (sulfide) groups is 1. The highest BCUT2D eigenvalue weighted by atomic mass is 32.2. The lowest BCUT2D eigenvalue weighted by Gasteiger charge is -2.13. The molecule has 1 aromatic heterocycles. The van der Waals surface area contributed by atoms with Crippen LogP contribution in [0, 0.1) is 6.92 Å². The molecule has 1 heterocycles. The maximum Gasteiger partial charge on any atom is 0.148 e. The van der Waals surface area contributed by atoms with Gasteiger partial charge in [-0.1, -0.05) is 6.92 Å². The molecule has 0 aliphatic heterocycles. The molecular weight excluding hydrogens is 210 g/mol. The van der Waals surface area contributed by atoms with Crippen molar-refractivity contribution >= 4 is 23.4 Å². The molecule has 0 aliphatic carbocycles. The molecule has 1 rings (SSSR count). The SMILES string of the molecule is CSC(C)CNc1ncnc(NN)c1C. The zero-order valence-corrected chi connectivity index (χ0v) is 10.1. The highest BCUT2D eigenvalue weighted by Gasteiger charge is 2.06. The van der Waals surface area contributed by atoms with Crippen LogP contribution in [0.2, 0.25) is 0 Å². The Hall–Kier alpha value is -1.01. The maximum absolute atomic E-state index is 5.33. The van der Waals surface area contributed by atoms with E-state index in [9.17, 15) is 0 Å². The van der Waals surface area contributed by atoms with Crippen LogP contribution in [-0.4, -0.2) is 28.0 Å². The second-order valence-corrected chi connectivity index (χ2v) is 4.54. The first-order chi connectivity index (χ1) is 7.19. The highest BCUT2D eigenvalue weighted by Crippen LogP contribution is 2.17. The molecule has 1 aromatic rings. The largest absolute Gasteiger partial charge is 0.369 e. The molecule has 4 N–H and O–H groups in total. The topological polar surface area (TPSA) is 75.9 Å². The Morgan fingerprint density at radius 3 is 2.73 bits per heavy atom. The van der Waals surface area contributed by atoms with Gasteiger partial charge in [0.25, 0.3) is 0 Å². The maximum atomic E-state index is 5.33. The van der Waals surface area contributed by atoms with Crippen LogP contribution in [0.15, 0.2) is 6.33 Å². The van der Waals surface area contributed by atoms with Gasteiger partial charge in [-0.15, -0.1) is 0 Å². The number of anilines is 2. The van der Waals surface area contributed by atoms with E-state index in [-0.39, 0.29) is 0 Å². The lowest BCUT2D eigenvalue weighted by atomic mass is 10.3. The second-order valence-electron chi connectivity index (χ2n) is 3.27. The van der Waals surface area contributed by atoms with Crippen molar-refractivity contribution in [2.24, 2.45) is 5.84 Å². The fourth-order valence-corrected chi connectivity index (χ4v) is 1.35. The number of nitrogens with zero attached hydrogens (tertiary/aromatic N) is 2. The molecule has 0 aromatic carbocycles. The Bertz CT molecular complexity index is 317. The van der Waals surface area contributed by atoms with Crippen molar-refractivity contribution in [3.8, 4) is 0 Å². The first-order valence-corrected chi connectivity index (χ1v) is 6.02. The van der Waals surface area contributed by atoms with Gasteiger partial charge in [-0.2, -0.15) is 11.8 Å². The molecule has 0 radical (unpaired) electrons. The summed E-state index contributed by atoms with van der Waals surface area (Å²) in [7, 11) is 0. The standard InChI is InChI=1S/C9H17N5S/c1-6(15-3)4-11-8-7(2)9(14-10)13-5-12-8/h5-6H,4,10H2,1-3H3,(H2,11,12,13,14). The van der Waals surface area contributed by atoms with Crippen LogP contribution in [0.1, 0.15) is 12.5 Å². The Morgan fingerprint density at radius 1 is 1.47 bits per heavy atom. The van der Waals surface area contributed by atoms with Crippen molar-refractivity contribution in [1.82, 2.24) is 9.97 Å². The summed E-state index contributed by atoms with van der Waals surface area (Å²) in [6, 6.07) is 0. The van der Waals surface area contributed by atoms with Crippen molar-refractivity contribution < 1.29 is 0 Å². The molecule has 6 heteroatoms. The molecule has 0 saturated carbocycles. The number of hydrogen-bond acceptors (Lipinski definition) is 6. The molecule has 1 atom stereocenters. The van der Waals surface area contributed by atoms with Crippen LogP contribution in [0.4, 0.5) is 11.6 Å². The van der Waals surface area contributed by atoms with Gasteiger partial charge in [-0.25, -0.2) is 15.8 Å². The lowest BCUT2D eigenvalue weighted by Crippen LogP contribution is -2.16. The second kappa shape index (κ2) is 5.77. The first kappa shape index (κ1) is 12.1. The third-order valence-corrected chi connectivity index (χ3v) is 3.15. The number of nitrogens with one attached hydrogen (secondary N) is 2. The van der Waals surface area contributed by atoms with E-state index in [0.29, 0.717) is 11.1 Å². The van der Waals surface area contributed by atoms with Crippen LogP contribution in [0.25, 0.3) is 0 Å². The van der Waals surface area contributed by atoms with Gasteiger partial charge in [-0.3, -0.25) is 0 Å². The van der Waals surface area contributed by atoms with Gasteiger partial charge in [0.15, 0.2) is 0 Å². The first-order valence-electron chi connectivity index (χ1n) is 4.74. The lowest BCUT2D eigenvalue weighted by molar-refractivity contribution is 0.978. The molecule has 84 valence electrons. The third-order valence-electron chi connectivity index (χ3n) is 2.18. The Morgan fingerprint density at radius 2 is 2.13 bits per heavy atom. The van der Waals surface area contributed by atoms with E-state index < -0.39 is 0 Å². The van der Waals surface area contributed by atoms with Crippen molar-refractivity contribution in [3.05, 3.63) is 11.9 Å². The minimum Gasteiger partial charge on any atom is -0.369 e. The van der Waals surface area contributed by atoms with Crippen molar-refractivity contribution in [2.45, 2.75) is 19.1 Å². The predicted octanol–water partition coefficient (Wildman–Crippen LogP) is 1.23. The molecule has 5 nitrogen and oxygen atoms in total. The molecule has 0 fully saturated rings. The van der Waals surface area contributed by atoms with Gasteiger partial charge in [0.2, 0.25) is 0 Å². The number of nitrogen functional groups attached to an aromatic ring is 1. The van der Waals surface area contributed by atoms with E-state index in [1.54, 1.807) is 0 Å². The summed E-state index contributed by atoms with van der Waals surface area (Å²) < 4.78 is 0. The Kier molecular flexibility index (Phi) is 4.64. The molecule has 1 unspecified atom stereocenters. The van der Waals surface area contributed by atoms with Gasteiger partial charge in [0.05, 0.1) is 0 Å². The van der Waals surface area contributed by atoms with E-state index in [4.69, 9.17) is 5.84 Å². The van der Waals surface area contributed by atoms with Crippen LogP contribution in [0.3, 0.4) is 0 Å². The van der Waals surface area contributed by atoms with Gasteiger partial charge < -0.3 is 10.7 Å². The number of rotatable bonds is 5. The Labute approximate surface area is 94.2 Å². The van der Waals surface area contributed by atoms with Gasteiger partial charge in [-0.05, 0) is 13.2 Å². The molecular formula is C9H17N5S. The predicted molar refractivity (Wildman–Crippen MR) is 66.0 cm³/mol. The van der Waals surface area contributed by atoms with E-state index in [1.807, 2.05) is 18.7 Å². The van der Waals surface area contributed by atoms with E-state index in [2.05, 4.69) is 33.9 Å². The summed E-state index contributed by atoms with van der Waals surface area (Å²) in [6.45, 7) is 4.97. The average Bonchev–Trinajstić information content (AvgIpc) is 2.27. The summed E-state index contributed by atoms with van der Waals surface area (Å²) in [5.41, 5.74) is 3.48. The number of nitrogens with two attached hydrogens (primary N) is 1. The average molecular weight is 227 g/mol. The number of hydrazine groups is 1. The van der Waals surface area contributed by atoms with Gasteiger partial charge in [0.1, 0.15) is 18.0 Å². The smallest absolute Gasteiger partial charge is 0.148 e. The van der Waals surface area contributed by atoms with Crippen molar-refractivity contribution in [1.29, 1.82) is 0 Å². The normalized spacial score (nSPS) is 12.3. The quantitative estimate of drug-likeness (QED) is 0.519. The van der Waals surface area contributed by atoms with Crippen LogP contribution < -0.4 is 16.6 Å². The third kappa shape index (κ3) is 3.24. The highest BCUT2D eigenvalue weighted by molar-refractivity contribution is 7.99. The molecule has 0 saturated heterocycles. The molecule has 0 spiro atoms. The number of hydrogen-bond donors (Lipinski definition) is 3. The monoisotopic (exact) mass is 227 g/mol. The van der Waals surface area contributed by atoms with Crippen LogP contribution >= 0.6 is 11.8 Å². The summed E-state index contributed by atoms with van der Waals surface area (Å²) in [5, 5.41) is 3.82. The van der Waals surface area contributed by atoms with Gasteiger partial charge >= 0.3 is 0 Å². The van der Waals surface area contributed by atoms with Crippen molar-refractivity contribution in [3.63, 3.8) is 0 Å². The fourth-order valence-electron chi connectivity index (χ4n) is 1.10. The Balaban J connectivity index is 2.68. The van der Waals surface area contributed by atoms with Crippen LogP contribution in [0.5, 0.6) is 0 Å². The summed E-state index contributed by atoms with van der Waals surface area (Å²) in [5.74, 6) is 6.82. The van der Waals surface area contributed by atoms with E-state index >= 15 is 0 Å². The molecule has 0 amide bonds. The minimum absolute atomic E-state index is 0.550. The number of aromatic nitrogens is 2. The molecule has 15 heavy (non-hydrogen) atoms. The summed E-state index contributed by atoms with van der Waals surface area (Å²) in [6.07, 6.45) is 3.58. The zero-order valence-electron chi connectivity index (χ0n) is 9.24. The minimum atomic E-state index is 0.550. The van der Waals surface area contributed by atoms with E-state index in [0.717, 1.165) is 17.9 Å². The van der Waals surface area contributed by atoms with E-state index in [1.165, 1.54) is 6.33 Å². The fraction of sp³-hybridized carbons (Fsp3) is 0.556. The summed E-state index contributed by atoms with van der Waals surface area (Å²) in [4.78, 5) is 8.18. The van der Waals surface area contributed by atoms with Gasteiger partial charge in [0, 0.05) is 17.4 Å². The summed E-state index contributed by atoms with van der Waals surface area (Å²) >= 11 is 1.81. The molecule has 0 bridgehead atoms. The molecule has 0 aliphatic rings. The zero-order chi connectivity index (χ0) is 11.3. The van der Waals surface area contributed by atoms with Crippen LogP contribution in [-0.2, 0) is 0 Å². The van der Waals surface area contributed by atoms with Crippen molar-refractivity contribution in [2.75, 3.05) is 23.5 Å².